The first kappa shape index (κ1) is 35.0. The van der Waals surface area contributed by atoms with Crippen LogP contribution in [0.15, 0.2) is 109 Å². The Kier molecular flexibility index (Phi) is 10.9. The van der Waals surface area contributed by atoms with Gasteiger partial charge in [0.15, 0.2) is 0 Å². The minimum Gasteiger partial charge on any atom is -0.352 e. The third kappa shape index (κ3) is 8.36. The van der Waals surface area contributed by atoms with Crippen LogP contribution in [-0.2, 0) is 0 Å². The number of nitrogens with zero attached hydrogens (tertiary/aromatic N) is 4. The molecule has 0 radical (unpaired) electrons. The molecule has 0 aliphatic carbocycles. The summed E-state index contributed by atoms with van der Waals surface area (Å²) in [6.45, 7) is 11.3. The molecular weight excluding hydrogens is 645 g/mol. The van der Waals surface area contributed by atoms with E-state index in [0.29, 0.717) is 24.2 Å². The fraction of sp³-hybridized carbons (Fsp3) is 0.273. The van der Waals surface area contributed by atoms with Gasteiger partial charge in [0.25, 0.3) is 11.8 Å². The van der Waals surface area contributed by atoms with Crippen molar-refractivity contribution in [2.24, 2.45) is 0 Å². The van der Waals surface area contributed by atoms with Gasteiger partial charge < -0.3 is 20.4 Å². The van der Waals surface area contributed by atoms with Crippen LogP contribution in [0.3, 0.4) is 0 Å². The van der Waals surface area contributed by atoms with Crippen LogP contribution in [0.4, 0.5) is 0 Å². The van der Waals surface area contributed by atoms with E-state index >= 15 is 0 Å². The molecule has 4 aromatic carbocycles. The normalized spacial score (nSPS) is 13.7. The number of benzene rings is 4. The van der Waals surface area contributed by atoms with E-state index < -0.39 is 0 Å². The average molecular weight is 691 g/mol. The molecule has 7 rings (SSSR count). The summed E-state index contributed by atoms with van der Waals surface area (Å²) in [6.07, 6.45) is 1.78. The lowest BCUT2D eigenvalue weighted by molar-refractivity contribution is 0.0936. The Morgan fingerprint density at radius 3 is 1.35 bits per heavy atom. The predicted molar refractivity (Wildman–Crippen MR) is 211 cm³/mol. The summed E-state index contributed by atoms with van der Waals surface area (Å²) in [4.78, 5) is 41.4. The zero-order valence-electron chi connectivity index (χ0n) is 30.1. The van der Waals surface area contributed by atoms with Crippen molar-refractivity contribution in [2.45, 2.75) is 26.7 Å². The lowest BCUT2D eigenvalue weighted by Crippen LogP contribution is -2.47. The molecule has 2 amide bonds. The smallest absolute Gasteiger partial charge is 0.252 e. The zero-order valence-corrected chi connectivity index (χ0v) is 30.1. The van der Waals surface area contributed by atoms with Crippen LogP contribution >= 0.6 is 0 Å². The highest BCUT2D eigenvalue weighted by Gasteiger charge is 2.18. The molecule has 0 bridgehead atoms. The van der Waals surface area contributed by atoms with E-state index in [0.717, 1.165) is 96.4 Å². The quantitative estimate of drug-likeness (QED) is 0.131. The monoisotopic (exact) mass is 690 g/mol. The second kappa shape index (κ2) is 16.3. The number of fused-ring (bicyclic) bond motifs is 2. The first-order valence-corrected chi connectivity index (χ1v) is 18.4. The van der Waals surface area contributed by atoms with E-state index in [1.54, 1.807) is 0 Å². The molecule has 264 valence electrons. The molecule has 6 aromatic rings. The van der Waals surface area contributed by atoms with E-state index in [4.69, 9.17) is 9.97 Å². The van der Waals surface area contributed by atoms with E-state index in [1.165, 1.54) is 11.1 Å². The molecule has 1 aliphatic heterocycles. The summed E-state index contributed by atoms with van der Waals surface area (Å²) >= 11 is 0. The number of piperazine rings is 1. The van der Waals surface area contributed by atoms with Crippen molar-refractivity contribution >= 4 is 33.6 Å². The van der Waals surface area contributed by atoms with Gasteiger partial charge in [0.2, 0.25) is 0 Å². The van der Waals surface area contributed by atoms with Crippen LogP contribution in [0.5, 0.6) is 0 Å². The molecule has 0 unspecified atom stereocenters. The number of para-hydroxylation sites is 2. The fourth-order valence-corrected chi connectivity index (χ4v) is 6.91. The average Bonchev–Trinajstić information content (AvgIpc) is 3.18. The second-order valence-corrected chi connectivity index (χ2v) is 13.8. The topological polar surface area (TPSA) is 90.5 Å². The molecule has 8 nitrogen and oxygen atoms in total. The van der Waals surface area contributed by atoms with Gasteiger partial charge in [-0.15, -0.1) is 0 Å². The lowest BCUT2D eigenvalue weighted by Gasteiger charge is -2.34. The van der Waals surface area contributed by atoms with Gasteiger partial charge in [-0.3, -0.25) is 9.59 Å². The molecule has 1 fully saturated rings. The largest absolute Gasteiger partial charge is 0.352 e. The van der Waals surface area contributed by atoms with E-state index in [9.17, 15) is 9.59 Å². The van der Waals surface area contributed by atoms with Gasteiger partial charge in [-0.05, 0) is 64.0 Å². The van der Waals surface area contributed by atoms with Crippen LogP contribution in [0.1, 0.15) is 44.7 Å². The lowest BCUT2D eigenvalue weighted by atomic mass is 10.0. The second-order valence-electron chi connectivity index (χ2n) is 13.8. The van der Waals surface area contributed by atoms with Crippen molar-refractivity contribution in [1.29, 1.82) is 0 Å². The van der Waals surface area contributed by atoms with Crippen LogP contribution in [-0.4, -0.2) is 83.9 Å². The third-order valence-corrected chi connectivity index (χ3v) is 9.95. The first-order chi connectivity index (χ1) is 25.4. The molecule has 1 saturated heterocycles. The third-order valence-electron chi connectivity index (χ3n) is 9.95. The van der Waals surface area contributed by atoms with Gasteiger partial charge in [-0.1, -0.05) is 96.1 Å². The number of carbonyl (C=O) groups excluding carboxylic acids is 2. The molecule has 2 N–H and O–H groups in total. The summed E-state index contributed by atoms with van der Waals surface area (Å²) < 4.78 is 0. The Bertz CT molecular complexity index is 2020. The SMILES string of the molecule is Cc1ccc(-c2cc(C(=O)NCCCN3CCN(CCCNC(=O)c4cc(-c5ccc(C)cc5)nc5ccccc45)CC3)c3ccccc3n2)cc1. The van der Waals surface area contributed by atoms with Crippen LogP contribution in [0.25, 0.3) is 44.3 Å². The molecule has 0 atom stereocenters. The summed E-state index contributed by atoms with van der Waals surface area (Å²) in [6, 6.07) is 36.0. The Balaban J connectivity index is 0.847. The maximum Gasteiger partial charge on any atom is 0.252 e. The number of hydrogen-bond acceptors (Lipinski definition) is 6. The zero-order chi connectivity index (χ0) is 35.9. The van der Waals surface area contributed by atoms with E-state index in [1.807, 2.05) is 60.7 Å². The highest BCUT2D eigenvalue weighted by molar-refractivity contribution is 6.08. The van der Waals surface area contributed by atoms with Crippen LogP contribution in [0, 0.1) is 13.8 Å². The number of pyridine rings is 2. The maximum absolute atomic E-state index is 13.4. The maximum atomic E-state index is 13.4. The number of nitrogens with one attached hydrogen (secondary N) is 2. The Morgan fingerprint density at radius 1 is 0.558 bits per heavy atom. The predicted octanol–water partition coefficient (Wildman–Crippen LogP) is 7.29. The van der Waals surface area contributed by atoms with Gasteiger partial charge in [0.1, 0.15) is 0 Å². The Morgan fingerprint density at radius 2 is 0.942 bits per heavy atom. The molecule has 0 spiro atoms. The van der Waals surface area contributed by atoms with Crippen LogP contribution in [0.2, 0.25) is 0 Å². The van der Waals surface area contributed by atoms with Crippen molar-refractivity contribution in [3.63, 3.8) is 0 Å². The summed E-state index contributed by atoms with van der Waals surface area (Å²) in [5.41, 5.74) is 8.95. The summed E-state index contributed by atoms with van der Waals surface area (Å²) in [5.74, 6) is -0.125. The van der Waals surface area contributed by atoms with Gasteiger partial charge in [0.05, 0.1) is 33.5 Å². The van der Waals surface area contributed by atoms with E-state index in [-0.39, 0.29) is 11.8 Å². The number of hydrogen-bond donors (Lipinski definition) is 2. The number of amides is 2. The highest BCUT2D eigenvalue weighted by Crippen LogP contribution is 2.27. The van der Waals surface area contributed by atoms with Crippen molar-refractivity contribution in [3.8, 4) is 22.5 Å². The first-order valence-electron chi connectivity index (χ1n) is 18.4. The number of carbonyl (C=O) groups is 2. The summed E-state index contributed by atoms with van der Waals surface area (Å²) in [5, 5.41) is 8.06. The standard InChI is InChI=1S/C44H46N6O2/c1-31-13-17-33(18-14-31)41-29-37(35-9-3-5-11-39(35)47-41)43(51)45-21-7-23-49-25-27-50(28-26-49)24-8-22-46-44(52)38-30-42(34-19-15-32(2)16-20-34)48-40-12-6-4-10-36(38)40/h3-6,9-20,29-30H,7-8,21-28H2,1-2H3,(H,45,51)(H,46,52). The molecule has 0 saturated carbocycles. The number of aryl methyl sites for hydroxylation is 2. The molecule has 1 aliphatic rings. The van der Waals surface area contributed by atoms with Crippen molar-refractivity contribution in [3.05, 3.63) is 131 Å². The number of rotatable bonds is 12. The summed E-state index contributed by atoms with van der Waals surface area (Å²) in [7, 11) is 0. The Labute approximate surface area is 305 Å². The molecule has 52 heavy (non-hydrogen) atoms. The highest BCUT2D eigenvalue weighted by atomic mass is 16.2. The van der Waals surface area contributed by atoms with Gasteiger partial charge in [-0.25, -0.2) is 9.97 Å². The van der Waals surface area contributed by atoms with Crippen molar-refractivity contribution < 1.29 is 9.59 Å². The van der Waals surface area contributed by atoms with Gasteiger partial charge in [-0.2, -0.15) is 0 Å². The molecular formula is C44H46N6O2. The molecule has 2 aromatic heterocycles. The van der Waals surface area contributed by atoms with Crippen molar-refractivity contribution in [2.75, 3.05) is 52.4 Å². The van der Waals surface area contributed by atoms with E-state index in [2.05, 4.69) is 82.8 Å². The molecule has 8 heteroatoms. The van der Waals surface area contributed by atoms with Gasteiger partial charge >= 0.3 is 0 Å². The van der Waals surface area contributed by atoms with Crippen molar-refractivity contribution in [1.82, 2.24) is 30.4 Å². The number of aromatic nitrogens is 2. The molecule has 3 heterocycles. The van der Waals surface area contributed by atoms with Crippen LogP contribution < -0.4 is 10.6 Å². The minimum absolute atomic E-state index is 0.0623. The fourth-order valence-electron chi connectivity index (χ4n) is 6.91. The van der Waals surface area contributed by atoms with Gasteiger partial charge in [0, 0.05) is 61.2 Å². The Hall–Kier alpha value is -5.44. The minimum atomic E-state index is -0.0623.